The SMILES string of the molecule is O=Cc1ccc2ncn(-c3ccc(N4CCC(F)(F)CC4)cc3)c2c1. The fraction of sp³-hybridized carbons (Fsp3) is 0.263. The molecule has 1 fully saturated rings. The van der Waals surface area contributed by atoms with Crippen LogP contribution < -0.4 is 4.90 Å². The van der Waals surface area contributed by atoms with E-state index in [9.17, 15) is 13.6 Å². The number of nitrogens with zero attached hydrogens (tertiary/aromatic N) is 3. The van der Waals surface area contributed by atoms with Crippen LogP contribution >= 0.6 is 0 Å². The Labute approximate surface area is 143 Å². The average Bonchev–Trinajstić information content (AvgIpc) is 3.05. The van der Waals surface area contributed by atoms with Crippen LogP contribution in [0.4, 0.5) is 14.5 Å². The molecule has 128 valence electrons. The summed E-state index contributed by atoms with van der Waals surface area (Å²) < 4.78 is 28.5. The number of carbonyl (C=O) groups excluding carboxylic acids is 1. The molecule has 25 heavy (non-hydrogen) atoms. The summed E-state index contributed by atoms with van der Waals surface area (Å²) in [6.07, 6.45) is 2.33. The van der Waals surface area contributed by atoms with Gasteiger partial charge in [-0.3, -0.25) is 9.36 Å². The predicted molar refractivity (Wildman–Crippen MR) is 92.9 cm³/mol. The molecule has 2 aromatic carbocycles. The molecule has 0 atom stereocenters. The third-order valence-electron chi connectivity index (χ3n) is 4.70. The summed E-state index contributed by atoms with van der Waals surface area (Å²) in [6.45, 7) is 0.728. The highest BCUT2D eigenvalue weighted by atomic mass is 19.3. The van der Waals surface area contributed by atoms with E-state index in [0.29, 0.717) is 18.7 Å². The van der Waals surface area contributed by atoms with Gasteiger partial charge in [-0.1, -0.05) is 0 Å². The molecule has 6 heteroatoms. The lowest BCUT2D eigenvalue weighted by Gasteiger charge is -2.33. The van der Waals surface area contributed by atoms with Crippen molar-refractivity contribution >= 4 is 23.0 Å². The Bertz CT molecular complexity index is 908. The number of carbonyl (C=O) groups is 1. The number of aromatic nitrogens is 2. The van der Waals surface area contributed by atoms with Crippen molar-refractivity contribution in [2.24, 2.45) is 0 Å². The second-order valence-electron chi connectivity index (χ2n) is 6.34. The molecule has 0 saturated carbocycles. The van der Waals surface area contributed by atoms with E-state index < -0.39 is 5.92 Å². The quantitative estimate of drug-likeness (QED) is 0.674. The van der Waals surface area contributed by atoms with Gasteiger partial charge in [0, 0.05) is 42.9 Å². The third-order valence-corrected chi connectivity index (χ3v) is 4.70. The van der Waals surface area contributed by atoms with E-state index in [1.54, 1.807) is 18.5 Å². The van der Waals surface area contributed by atoms with Gasteiger partial charge in [0.15, 0.2) is 0 Å². The Morgan fingerprint density at radius 2 is 1.68 bits per heavy atom. The van der Waals surface area contributed by atoms with E-state index >= 15 is 0 Å². The lowest BCUT2D eigenvalue weighted by Crippen LogP contribution is -2.39. The molecular weight excluding hydrogens is 324 g/mol. The number of hydrogen-bond acceptors (Lipinski definition) is 3. The first-order valence-electron chi connectivity index (χ1n) is 8.21. The molecule has 4 rings (SSSR count). The van der Waals surface area contributed by atoms with E-state index in [1.165, 1.54) is 0 Å². The summed E-state index contributed by atoms with van der Waals surface area (Å²) in [5.74, 6) is -2.54. The van der Waals surface area contributed by atoms with Crippen LogP contribution in [0.15, 0.2) is 48.8 Å². The summed E-state index contributed by atoms with van der Waals surface area (Å²) in [5.41, 5.74) is 4.12. The Morgan fingerprint density at radius 3 is 2.36 bits per heavy atom. The van der Waals surface area contributed by atoms with Crippen molar-refractivity contribution in [1.29, 1.82) is 0 Å². The summed E-state index contributed by atoms with van der Waals surface area (Å²) >= 11 is 0. The number of alkyl halides is 2. The Kier molecular flexibility index (Phi) is 3.75. The number of halogens is 2. The maximum absolute atomic E-state index is 13.3. The normalized spacial score (nSPS) is 17.0. The van der Waals surface area contributed by atoms with Crippen molar-refractivity contribution in [2.75, 3.05) is 18.0 Å². The molecular formula is C19H17F2N3O. The highest BCUT2D eigenvalue weighted by Gasteiger charge is 2.33. The van der Waals surface area contributed by atoms with E-state index in [1.807, 2.05) is 39.8 Å². The largest absolute Gasteiger partial charge is 0.371 e. The number of anilines is 1. The number of benzene rings is 2. The first kappa shape index (κ1) is 15.7. The summed E-state index contributed by atoms with van der Waals surface area (Å²) in [6, 6.07) is 13.1. The minimum absolute atomic E-state index is 0.102. The third kappa shape index (κ3) is 2.99. The summed E-state index contributed by atoms with van der Waals surface area (Å²) in [5, 5.41) is 0. The summed E-state index contributed by atoms with van der Waals surface area (Å²) in [4.78, 5) is 17.3. The standard InChI is InChI=1S/C19H17F2N3O/c20-19(21)7-9-23(10-8-19)15-2-4-16(5-3-15)24-13-22-17-6-1-14(12-25)11-18(17)24/h1-6,11-13H,7-10H2. The number of fused-ring (bicyclic) bond motifs is 1. The van der Waals surface area contributed by atoms with Crippen LogP contribution in [0.3, 0.4) is 0 Å². The first-order chi connectivity index (χ1) is 12.1. The molecule has 4 nitrogen and oxygen atoms in total. The minimum Gasteiger partial charge on any atom is -0.371 e. The van der Waals surface area contributed by atoms with Crippen LogP contribution in [0.2, 0.25) is 0 Å². The van der Waals surface area contributed by atoms with Gasteiger partial charge < -0.3 is 4.90 Å². The van der Waals surface area contributed by atoms with E-state index in [4.69, 9.17) is 0 Å². The maximum Gasteiger partial charge on any atom is 0.251 e. The molecule has 1 saturated heterocycles. The Balaban J connectivity index is 1.61. The fourth-order valence-electron chi connectivity index (χ4n) is 3.22. The molecule has 0 N–H and O–H groups in total. The van der Waals surface area contributed by atoms with Gasteiger partial charge in [0.1, 0.15) is 12.6 Å². The maximum atomic E-state index is 13.3. The number of piperidine rings is 1. The van der Waals surface area contributed by atoms with Gasteiger partial charge in [-0.15, -0.1) is 0 Å². The Morgan fingerprint density at radius 1 is 1.00 bits per heavy atom. The molecule has 1 aromatic heterocycles. The van der Waals surface area contributed by atoms with Crippen LogP contribution in [-0.2, 0) is 0 Å². The number of rotatable bonds is 3. The predicted octanol–water partition coefficient (Wildman–Crippen LogP) is 4.07. The van der Waals surface area contributed by atoms with Crippen LogP contribution in [-0.4, -0.2) is 34.8 Å². The highest BCUT2D eigenvalue weighted by Crippen LogP contribution is 2.31. The van der Waals surface area contributed by atoms with Crippen LogP contribution in [0.25, 0.3) is 16.7 Å². The van der Waals surface area contributed by atoms with E-state index in [0.717, 1.165) is 28.7 Å². The smallest absolute Gasteiger partial charge is 0.251 e. The van der Waals surface area contributed by atoms with Crippen LogP contribution in [0, 0.1) is 0 Å². The fourth-order valence-corrected chi connectivity index (χ4v) is 3.22. The summed E-state index contributed by atoms with van der Waals surface area (Å²) in [7, 11) is 0. The molecule has 0 aliphatic carbocycles. The molecule has 2 heterocycles. The van der Waals surface area contributed by atoms with Crippen molar-refractivity contribution in [1.82, 2.24) is 9.55 Å². The molecule has 1 aliphatic heterocycles. The van der Waals surface area contributed by atoms with E-state index in [2.05, 4.69) is 4.98 Å². The van der Waals surface area contributed by atoms with Crippen molar-refractivity contribution in [2.45, 2.75) is 18.8 Å². The molecule has 0 amide bonds. The monoisotopic (exact) mass is 341 g/mol. The van der Waals surface area contributed by atoms with Gasteiger partial charge in [-0.2, -0.15) is 0 Å². The first-order valence-corrected chi connectivity index (χ1v) is 8.21. The Hall–Kier alpha value is -2.76. The van der Waals surface area contributed by atoms with Gasteiger partial charge in [-0.25, -0.2) is 13.8 Å². The van der Waals surface area contributed by atoms with Crippen LogP contribution in [0.5, 0.6) is 0 Å². The zero-order valence-corrected chi connectivity index (χ0v) is 13.5. The lowest BCUT2D eigenvalue weighted by molar-refractivity contribution is -0.0220. The zero-order valence-electron chi connectivity index (χ0n) is 13.5. The average molecular weight is 341 g/mol. The molecule has 0 radical (unpaired) electrons. The second kappa shape index (κ2) is 5.95. The number of hydrogen-bond donors (Lipinski definition) is 0. The topological polar surface area (TPSA) is 38.1 Å². The van der Waals surface area contributed by atoms with Gasteiger partial charge >= 0.3 is 0 Å². The zero-order chi connectivity index (χ0) is 17.4. The van der Waals surface area contributed by atoms with Crippen molar-refractivity contribution in [3.63, 3.8) is 0 Å². The molecule has 0 spiro atoms. The van der Waals surface area contributed by atoms with Gasteiger partial charge in [0.05, 0.1) is 11.0 Å². The van der Waals surface area contributed by atoms with Crippen molar-refractivity contribution in [3.05, 3.63) is 54.4 Å². The van der Waals surface area contributed by atoms with Crippen LogP contribution in [0.1, 0.15) is 23.2 Å². The van der Waals surface area contributed by atoms with Gasteiger partial charge in [0.25, 0.3) is 5.92 Å². The van der Waals surface area contributed by atoms with Crippen molar-refractivity contribution < 1.29 is 13.6 Å². The minimum atomic E-state index is -2.54. The second-order valence-corrected chi connectivity index (χ2v) is 6.34. The number of aldehydes is 1. The highest BCUT2D eigenvalue weighted by molar-refractivity contribution is 5.86. The molecule has 0 bridgehead atoms. The van der Waals surface area contributed by atoms with Gasteiger partial charge in [0.2, 0.25) is 0 Å². The van der Waals surface area contributed by atoms with E-state index in [-0.39, 0.29) is 12.8 Å². The van der Waals surface area contributed by atoms with Gasteiger partial charge in [-0.05, 0) is 42.5 Å². The molecule has 3 aromatic rings. The molecule has 1 aliphatic rings. The number of imidazole rings is 1. The lowest BCUT2D eigenvalue weighted by atomic mass is 10.1. The molecule has 0 unspecified atom stereocenters. The van der Waals surface area contributed by atoms with Crippen molar-refractivity contribution in [3.8, 4) is 5.69 Å².